The fraction of sp³-hybridized carbons (Fsp3) is 0.694. The molecule has 1 aliphatic heterocycles. The molecule has 5 aliphatic rings. The number of carbonyl (C=O) groups is 1. The number of hydrogen-bond acceptors (Lipinski definition) is 7. The van der Waals surface area contributed by atoms with E-state index in [0.717, 1.165) is 69.4 Å². The van der Waals surface area contributed by atoms with Crippen molar-refractivity contribution < 1.29 is 29.2 Å². The van der Waals surface area contributed by atoms with Gasteiger partial charge >= 0.3 is 0 Å². The largest absolute Gasteiger partial charge is 0.492 e. The number of fused-ring (bicyclic) bond motifs is 4. The lowest BCUT2D eigenvalue weighted by Crippen LogP contribution is -2.53. The van der Waals surface area contributed by atoms with Gasteiger partial charge in [-0.25, -0.2) is 0 Å². The van der Waals surface area contributed by atoms with Gasteiger partial charge in [-0.2, -0.15) is 0 Å². The summed E-state index contributed by atoms with van der Waals surface area (Å²) in [4.78, 5) is 14.6. The molecule has 4 aliphatic carbocycles. The molecule has 1 saturated heterocycles. The van der Waals surface area contributed by atoms with Crippen LogP contribution in [0.3, 0.4) is 0 Å². The van der Waals surface area contributed by atoms with Gasteiger partial charge in [0.05, 0.1) is 17.8 Å². The highest BCUT2D eigenvalue weighted by molar-refractivity contribution is 5.82. The van der Waals surface area contributed by atoms with Crippen LogP contribution in [-0.4, -0.2) is 78.8 Å². The molecule has 3 saturated carbocycles. The minimum atomic E-state index is -1.02. The molecule has 7 nitrogen and oxygen atoms in total. The zero-order valence-corrected chi connectivity index (χ0v) is 26.4. The second-order valence-corrected chi connectivity index (χ2v) is 14.3. The highest BCUT2D eigenvalue weighted by atomic mass is 16.7. The first-order chi connectivity index (χ1) is 20.6. The Hall–Kier alpha value is -2.03. The van der Waals surface area contributed by atoms with Gasteiger partial charge in [-0.05, 0) is 107 Å². The number of carbonyl (C=O) groups excluding carboxylic acids is 1. The summed E-state index contributed by atoms with van der Waals surface area (Å²) in [7, 11) is 4.08. The summed E-state index contributed by atoms with van der Waals surface area (Å²) < 4.78 is 17.7. The monoisotopic (exact) mass is 593 g/mol. The summed E-state index contributed by atoms with van der Waals surface area (Å²) in [6.07, 6.45) is 12.4. The molecule has 1 aromatic rings. The molecule has 0 radical (unpaired) electrons. The van der Waals surface area contributed by atoms with E-state index in [1.165, 1.54) is 11.1 Å². The van der Waals surface area contributed by atoms with E-state index >= 15 is 0 Å². The van der Waals surface area contributed by atoms with Gasteiger partial charge < -0.3 is 29.3 Å². The van der Waals surface area contributed by atoms with Crippen molar-refractivity contribution in [2.45, 2.75) is 101 Å². The van der Waals surface area contributed by atoms with Crippen molar-refractivity contribution in [3.8, 4) is 5.75 Å². The second-order valence-electron chi connectivity index (χ2n) is 14.3. The van der Waals surface area contributed by atoms with E-state index < -0.39 is 11.2 Å². The Morgan fingerprint density at radius 1 is 1.07 bits per heavy atom. The predicted octanol–water partition coefficient (Wildman–Crippen LogP) is 5.55. The second kappa shape index (κ2) is 12.4. The highest BCUT2D eigenvalue weighted by Crippen LogP contribution is 2.67. The molecule has 6 rings (SSSR count). The van der Waals surface area contributed by atoms with E-state index in [2.05, 4.69) is 36.1 Å². The summed E-state index contributed by atoms with van der Waals surface area (Å²) in [6, 6.07) is 8.47. The third kappa shape index (κ3) is 6.00. The van der Waals surface area contributed by atoms with E-state index in [9.17, 15) is 15.0 Å². The Balaban J connectivity index is 1.30. The van der Waals surface area contributed by atoms with Gasteiger partial charge in [0.2, 0.25) is 0 Å². The summed E-state index contributed by atoms with van der Waals surface area (Å²) in [5.74, 6) is 1.70. The number of benzene rings is 1. The van der Waals surface area contributed by atoms with E-state index in [1.54, 1.807) is 0 Å². The van der Waals surface area contributed by atoms with Crippen LogP contribution in [-0.2, 0) is 14.3 Å². The summed E-state index contributed by atoms with van der Waals surface area (Å²) in [5.41, 5.74) is 1.39. The van der Waals surface area contributed by atoms with Gasteiger partial charge in [0, 0.05) is 37.3 Å². The topological polar surface area (TPSA) is 88.5 Å². The molecule has 0 amide bonds. The van der Waals surface area contributed by atoms with Gasteiger partial charge in [0.15, 0.2) is 6.29 Å². The van der Waals surface area contributed by atoms with Crippen molar-refractivity contribution in [2.24, 2.45) is 17.3 Å². The van der Waals surface area contributed by atoms with Crippen molar-refractivity contribution in [1.82, 2.24) is 4.90 Å². The number of ether oxygens (including phenoxy) is 3. The van der Waals surface area contributed by atoms with Crippen molar-refractivity contribution >= 4 is 5.78 Å². The average Bonchev–Trinajstić information content (AvgIpc) is 3.25. The zero-order valence-electron chi connectivity index (χ0n) is 26.4. The maximum absolute atomic E-state index is 12.5. The van der Waals surface area contributed by atoms with Crippen molar-refractivity contribution in [3.05, 3.63) is 53.1 Å². The number of nitrogens with zero attached hydrogens (tertiary/aromatic N) is 1. The average molecular weight is 594 g/mol. The maximum Gasteiger partial charge on any atom is 0.157 e. The highest BCUT2D eigenvalue weighted by Gasteiger charge is 2.63. The van der Waals surface area contributed by atoms with Gasteiger partial charge in [-0.15, -0.1) is 0 Å². The quantitative estimate of drug-likeness (QED) is 0.363. The molecule has 1 heterocycles. The van der Waals surface area contributed by atoms with Gasteiger partial charge in [0.1, 0.15) is 18.1 Å². The Morgan fingerprint density at radius 2 is 1.88 bits per heavy atom. The van der Waals surface area contributed by atoms with Crippen molar-refractivity contribution in [1.29, 1.82) is 0 Å². The van der Waals surface area contributed by atoms with Crippen LogP contribution in [0.15, 0.2) is 47.6 Å². The van der Waals surface area contributed by atoms with E-state index in [0.29, 0.717) is 38.4 Å². The lowest BCUT2D eigenvalue weighted by Gasteiger charge is -2.56. The van der Waals surface area contributed by atoms with Gasteiger partial charge in [0.25, 0.3) is 0 Å². The molecule has 0 spiro atoms. The number of ketones is 1. The normalized spacial score (nSPS) is 37.9. The zero-order chi connectivity index (χ0) is 30.2. The first-order valence-corrected chi connectivity index (χ1v) is 16.6. The van der Waals surface area contributed by atoms with Crippen molar-refractivity contribution in [2.75, 3.05) is 40.5 Å². The first kappa shape index (κ1) is 31.0. The van der Waals surface area contributed by atoms with E-state index in [4.69, 9.17) is 14.2 Å². The summed E-state index contributed by atoms with van der Waals surface area (Å²) >= 11 is 0. The molecule has 236 valence electrons. The Morgan fingerprint density at radius 3 is 2.63 bits per heavy atom. The minimum absolute atomic E-state index is 0.0713. The minimum Gasteiger partial charge on any atom is -0.492 e. The Labute approximate surface area is 257 Å². The molecule has 0 bridgehead atoms. The molecule has 2 N–H and O–H groups in total. The summed E-state index contributed by atoms with van der Waals surface area (Å²) in [5, 5.41) is 24.2. The molecule has 1 unspecified atom stereocenters. The van der Waals surface area contributed by atoms with Crippen LogP contribution in [0, 0.1) is 17.3 Å². The maximum atomic E-state index is 12.5. The molecular formula is C36H51NO6. The molecule has 4 fully saturated rings. The predicted molar refractivity (Wildman–Crippen MR) is 166 cm³/mol. The van der Waals surface area contributed by atoms with Crippen LogP contribution in [0.4, 0.5) is 0 Å². The van der Waals surface area contributed by atoms with Crippen LogP contribution in [0.5, 0.6) is 5.75 Å². The fourth-order valence-corrected chi connectivity index (χ4v) is 9.10. The van der Waals surface area contributed by atoms with E-state index in [-0.39, 0.29) is 35.7 Å². The van der Waals surface area contributed by atoms with Gasteiger partial charge in [-0.1, -0.05) is 36.8 Å². The third-order valence-corrected chi connectivity index (χ3v) is 11.5. The van der Waals surface area contributed by atoms with Crippen LogP contribution in [0.25, 0.3) is 0 Å². The SMILES string of the molecule is CN(C)CCOc1ccc([C@H]2C[C@@]3(C)[C@@H](CC[C@@]3(O)C=CCOC3CCCCO3)[C@@H]3CC[C@@]4(O)CC(=O)CCC4=C32)cc1. The van der Waals surface area contributed by atoms with Gasteiger partial charge in [-0.3, -0.25) is 4.79 Å². The van der Waals surface area contributed by atoms with Crippen LogP contribution in [0.1, 0.15) is 89.0 Å². The molecule has 7 atom stereocenters. The Kier molecular flexibility index (Phi) is 8.93. The first-order valence-electron chi connectivity index (χ1n) is 16.6. The standard InChI is InChI=1S/C36H51NO6/c1-34-24-29(25-8-11-27(12-9-25)41-22-19-37(2)3)33-28(14-17-35(39)23-26(38)10-13-31(33)35)30(34)15-18-36(34,40)16-6-21-43-32-7-4-5-20-42-32/h6,8-9,11-12,16,28-30,32,39-40H,4-5,7,10,13-15,17-24H2,1-3H3/t28-,29+,30-,32?,34-,35+,36-/m0/s1. The molecular weight excluding hydrogens is 542 g/mol. The number of Topliss-reactive ketones (excluding diaryl/α,β-unsaturated/α-hetero) is 1. The molecule has 7 heteroatoms. The van der Waals surface area contributed by atoms with Crippen LogP contribution in [0.2, 0.25) is 0 Å². The van der Waals surface area contributed by atoms with E-state index in [1.807, 2.05) is 26.2 Å². The Bertz CT molecular complexity index is 1220. The number of allylic oxidation sites excluding steroid dienone is 1. The third-order valence-electron chi connectivity index (χ3n) is 11.5. The lowest BCUT2D eigenvalue weighted by molar-refractivity contribution is -0.155. The summed E-state index contributed by atoms with van der Waals surface area (Å²) in [6.45, 7) is 4.96. The fourth-order valence-electron chi connectivity index (χ4n) is 9.10. The lowest BCUT2D eigenvalue weighted by atomic mass is 9.50. The number of hydrogen-bond donors (Lipinski definition) is 2. The molecule has 1 aromatic carbocycles. The number of aliphatic hydroxyl groups is 2. The number of likely N-dealkylation sites (N-methyl/N-ethyl adjacent to an activating group) is 1. The molecule has 0 aromatic heterocycles. The molecule has 43 heavy (non-hydrogen) atoms. The smallest absolute Gasteiger partial charge is 0.157 e. The van der Waals surface area contributed by atoms with Crippen molar-refractivity contribution in [3.63, 3.8) is 0 Å². The van der Waals surface area contributed by atoms with Crippen LogP contribution >= 0.6 is 0 Å². The number of rotatable bonds is 9. The van der Waals surface area contributed by atoms with Crippen LogP contribution < -0.4 is 4.74 Å².